The van der Waals surface area contributed by atoms with E-state index in [0.717, 1.165) is 0 Å². The quantitative estimate of drug-likeness (QED) is 0.361. The molecule has 0 unspecified atom stereocenters. The molecule has 5 N–H and O–H groups in total. The Morgan fingerprint density at radius 1 is 1.33 bits per heavy atom. The molecule has 1 aromatic carbocycles. The average molecular weight is 209 g/mol. The van der Waals surface area contributed by atoms with Crippen molar-refractivity contribution in [1.82, 2.24) is 0 Å². The summed E-state index contributed by atoms with van der Waals surface area (Å²) in [7, 11) is 0. The van der Waals surface area contributed by atoms with Crippen LogP contribution in [0.5, 0.6) is 5.75 Å². The highest BCUT2D eigenvalue weighted by molar-refractivity contribution is 5.81. The van der Waals surface area contributed by atoms with Gasteiger partial charge in [-0.25, -0.2) is 0 Å². The summed E-state index contributed by atoms with van der Waals surface area (Å²) in [6, 6.07) is 7.01. The van der Waals surface area contributed by atoms with Crippen LogP contribution in [0.2, 0.25) is 0 Å². The lowest BCUT2D eigenvalue weighted by molar-refractivity contribution is 0.306. The molecule has 0 spiro atoms. The number of aliphatic imine (C=N–C) groups is 1. The first-order valence-corrected chi connectivity index (χ1v) is 4.60. The molecule has 82 valence electrons. The Bertz CT molecular complexity index is 322. The van der Waals surface area contributed by atoms with Gasteiger partial charge in [0.05, 0.1) is 13.2 Å². The topological polar surface area (TPSA) is 93.9 Å². The minimum atomic E-state index is -0.0113. The van der Waals surface area contributed by atoms with Gasteiger partial charge in [0.1, 0.15) is 18.2 Å². The molecule has 0 aliphatic rings. The van der Waals surface area contributed by atoms with E-state index in [2.05, 4.69) is 4.99 Å². The second-order valence-corrected chi connectivity index (χ2v) is 2.95. The third kappa shape index (κ3) is 4.33. The van der Waals surface area contributed by atoms with Crippen LogP contribution in [0, 0.1) is 0 Å². The molecule has 15 heavy (non-hydrogen) atoms. The van der Waals surface area contributed by atoms with Gasteiger partial charge in [-0.15, -0.1) is 0 Å². The fourth-order valence-electron chi connectivity index (χ4n) is 0.961. The van der Waals surface area contributed by atoms with Crippen LogP contribution in [-0.2, 0) is 0 Å². The number of nitrogen functional groups attached to an aromatic ring is 1. The molecule has 0 amide bonds. The van der Waals surface area contributed by atoms with E-state index in [1.165, 1.54) is 0 Å². The number of ether oxygens (including phenoxy) is 1. The van der Waals surface area contributed by atoms with E-state index in [4.69, 9.17) is 21.3 Å². The highest BCUT2D eigenvalue weighted by atomic mass is 16.5. The Morgan fingerprint density at radius 3 is 2.60 bits per heavy atom. The van der Waals surface area contributed by atoms with Gasteiger partial charge in [0, 0.05) is 5.69 Å². The van der Waals surface area contributed by atoms with Crippen molar-refractivity contribution in [3.63, 3.8) is 0 Å². The number of rotatable bonds is 5. The lowest BCUT2D eigenvalue weighted by Crippen LogP contribution is -2.21. The molecule has 0 fully saturated rings. The molecule has 0 aliphatic heterocycles. The van der Waals surface area contributed by atoms with Gasteiger partial charge in [-0.05, 0) is 24.3 Å². The minimum absolute atomic E-state index is 0.0113. The summed E-state index contributed by atoms with van der Waals surface area (Å²) in [5.74, 6) is 1.05. The van der Waals surface area contributed by atoms with Gasteiger partial charge in [0.25, 0.3) is 0 Å². The Kier molecular flexibility index (Phi) is 4.43. The number of hydrogen-bond acceptors (Lipinski definition) is 4. The third-order valence-corrected chi connectivity index (χ3v) is 1.68. The van der Waals surface area contributed by atoms with Crippen molar-refractivity contribution in [3.8, 4) is 5.75 Å². The second-order valence-electron chi connectivity index (χ2n) is 2.95. The first kappa shape index (κ1) is 11.3. The maximum absolute atomic E-state index is 8.51. The smallest absolute Gasteiger partial charge is 0.145 e. The molecule has 0 atom stereocenters. The first-order chi connectivity index (χ1) is 7.22. The predicted molar refractivity (Wildman–Crippen MR) is 59.9 cm³/mol. The largest absolute Gasteiger partial charge is 0.486 e. The van der Waals surface area contributed by atoms with Crippen LogP contribution in [0.1, 0.15) is 0 Å². The van der Waals surface area contributed by atoms with Crippen LogP contribution in [0.3, 0.4) is 0 Å². The van der Waals surface area contributed by atoms with Gasteiger partial charge in [-0.2, -0.15) is 0 Å². The molecule has 0 bridgehead atoms. The fraction of sp³-hybridized carbons (Fsp3) is 0.300. The number of aliphatic hydroxyl groups is 1. The Morgan fingerprint density at radius 2 is 2.00 bits per heavy atom. The average Bonchev–Trinajstić information content (AvgIpc) is 2.25. The maximum atomic E-state index is 8.51. The van der Waals surface area contributed by atoms with Gasteiger partial charge < -0.3 is 21.3 Å². The minimum Gasteiger partial charge on any atom is -0.486 e. The molecule has 0 radical (unpaired) electrons. The van der Waals surface area contributed by atoms with E-state index in [0.29, 0.717) is 23.8 Å². The van der Waals surface area contributed by atoms with Gasteiger partial charge in [0.2, 0.25) is 0 Å². The summed E-state index contributed by atoms with van der Waals surface area (Å²) < 4.78 is 5.33. The number of aliphatic hydroxyl groups excluding tert-OH is 1. The molecule has 5 nitrogen and oxygen atoms in total. The van der Waals surface area contributed by atoms with Crippen LogP contribution in [0.25, 0.3) is 0 Å². The van der Waals surface area contributed by atoms with Crippen molar-refractivity contribution in [3.05, 3.63) is 24.3 Å². The number of hydrogen-bond donors (Lipinski definition) is 3. The van der Waals surface area contributed by atoms with E-state index in [1.807, 2.05) is 0 Å². The SMILES string of the molecule is NC(COc1ccc(N)cc1)=NCCO. The lowest BCUT2D eigenvalue weighted by Gasteiger charge is -2.05. The normalized spacial score (nSPS) is 11.4. The molecule has 1 rings (SSSR count). The molecular weight excluding hydrogens is 194 g/mol. The number of anilines is 1. The molecule has 0 aliphatic carbocycles. The van der Waals surface area contributed by atoms with Gasteiger partial charge in [-0.3, -0.25) is 4.99 Å². The van der Waals surface area contributed by atoms with Crippen molar-refractivity contribution >= 4 is 11.5 Å². The zero-order valence-corrected chi connectivity index (χ0v) is 8.39. The monoisotopic (exact) mass is 209 g/mol. The molecule has 0 saturated heterocycles. The molecule has 0 heterocycles. The van der Waals surface area contributed by atoms with E-state index in [-0.39, 0.29) is 13.2 Å². The van der Waals surface area contributed by atoms with Crippen molar-refractivity contribution in [1.29, 1.82) is 0 Å². The van der Waals surface area contributed by atoms with E-state index >= 15 is 0 Å². The Hall–Kier alpha value is -1.75. The van der Waals surface area contributed by atoms with Crippen molar-refractivity contribution < 1.29 is 9.84 Å². The molecule has 0 saturated carbocycles. The highest BCUT2D eigenvalue weighted by Gasteiger charge is 1.95. The van der Waals surface area contributed by atoms with E-state index < -0.39 is 0 Å². The highest BCUT2D eigenvalue weighted by Crippen LogP contribution is 2.12. The van der Waals surface area contributed by atoms with Crippen LogP contribution < -0.4 is 16.2 Å². The van der Waals surface area contributed by atoms with Crippen LogP contribution in [-0.4, -0.2) is 30.7 Å². The summed E-state index contributed by atoms with van der Waals surface area (Å²) in [4.78, 5) is 3.87. The van der Waals surface area contributed by atoms with Gasteiger partial charge in [-0.1, -0.05) is 0 Å². The van der Waals surface area contributed by atoms with Gasteiger partial charge >= 0.3 is 0 Å². The van der Waals surface area contributed by atoms with Crippen LogP contribution in [0.4, 0.5) is 5.69 Å². The van der Waals surface area contributed by atoms with Gasteiger partial charge in [0.15, 0.2) is 0 Å². The summed E-state index contributed by atoms with van der Waals surface area (Å²) in [5.41, 5.74) is 11.7. The summed E-state index contributed by atoms with van der Waals surface area (Å²) >= 11 is 0. The molecule has 0 aromatic heterocycles. The van der Waals surface area contributed by atoms with Crippen LogP contribution >= 0.6 is 0 Å². The molecule has 5 heteroatoms. The predicted octanol–water partition coefficient (Wildman–Crippen LogP) is -0.00290. The number of nitrogens with zero attached hydrogens (tertiary/aromatic N) is 1. The van der Waals surface area contributed by atoms with Crippen LogP contribution in [0.15, 0.2) is 29.3 Å². The van der Waals surface area contributed by atoms with Crippen molar-refractivity contribution in [2.45, 2.75) is 0 Å². The third-order valence-electron chi connectivity index (χ3n) is 1.68. The van der Waals surface area contributed by atoms with Crippen molar-refractivity contribution in [2.75, 3.05) is 25.5 Å². The summed E-state index contributed by atoms with van der Waals surface area (Å²) in [5, 5.41) is 8.51. The molecular formula is C10H15N3O2. The first-order valence-electron chi connectivity index (χ1n) is 4.60. The second kappa shape index (κ2) is 5.87. The van der Waals surface area contributed by atoms with Crippen molar-refractivity contribution in [2.24, 2.45) is 10.7 Å². The maximum Gasteiger partial charge on any atom is 0.145 e. The summed E-state index contributed by atoms with van der Waals surface area (Å²) in [6.45, 7) is 0.503. The zero-order valence-electron chi connectivity index (χ0n) is 8.39. The standard InChI is InChI=1S/C10H15N3O2/c11-8-1-3-9(4-2-8)15-7-10(12)13-5-6-14/h1-4,14H,5-7,11H2,(H2,12,13). The molecule has 1 aromatic rings. The lowest BCUT2D eigenvalue weighted by atomic mass is 10.3. The Balaban J connectivity index is 2.40. The Labute approximate surface area is 88.4 Å². The number of amidine groups is 1. The fourth-order valence-corrected chi connectivity index (χ4v) is 0.961. The van der Waals surface area contributed by atoms with E-state index in [1.54, 1.807) is 24.3 Å². The van der Waals surface area contributed by atoms with E-state index in [9.17, 15) is 0 Å². The zero-order chi connectivity index (χ0) is 11.1. The number of benzene rings is 1. The summed E-state index contributed by atoms with van der Waals surface area (Å²) in [6.07, 6.45) is 0. The number of nitrogens with two attached hydrogens (primary N) is 2.